The lowest BCUT2D eigenvalue weighted by molar-refractivity contribution is 0.472. The molecule has 0 saturated heterocycles. The molecule has 0 bridgehead atoms. The Morgan fingerprint density at radius 2 is 1.95 bits per heavy atom. The number of nitrogens with zero attached hydrogens (tertiary/aromatic N) is 1. The topological polar surface area (TPSA) is 69.1 Å². The summed E-state index contributed by atoms with van der Waals surface area (Å²) >= 11 is 0. The molecule has 0 spiro atoms. The van der Waals surface area contributed by atoms with Crippen molar-refractivity contribution in [2.24, 2.45) is 0 Å². The van der Waals surface area contributed by atoms with Crippen LogP contribution in [0, 0.1) is 0 Å². The van der Waals surface area contributed by atoms with Crippen LogP contribution in [0.3, 0.4) is 0 Å². The standard InChI is InChI=1S/C14H18N2O2S/c15-10-7-8-13-12(9-10)16-14(18-13)19(17)11-5-3-1-2-4-6-11/h7-9,11H,1-6,15H2. The number of rotatable bonds is 2. The summed E-state index contributed by atoms with van der Waals surface area (Å²) in [6.45, 7) is 0. The number of hydrogen-bond donors (Lipinski definition) is 1. The van der Waals surface area contributed by atoms with Gasteiger partial charge in [0.15, 0.2) is 5.58 Å². The van der Waals surface area contributed by atoms with Crippen LogP contribution in [-0.4, -0.2) is 14.4 Å². The summed E-state index contributed by atoms with van der Waals surface area (Å²) in [4.78, 5) is 4.33. The van der Waals surface area contributed by atoms with Crippen LogP contribution >= 0.6 is 0 Å². The molecule has 0 aliphatic heterocycles. The first-order chi connectivity index (χ1) is 9.24. The second-order valence-corrected chi connectivity index (χ2v) is 6.73. The Bertz CT molecular complexity index is 601. The summed E-state index contributed by atoms with van der Waals surface area (Å²) in [6.07, 6.45) is 6.82. The first-order valence-corrected chi connectivity index (χ1v) is 8.02. The largest absolute Gasteiger partial charge is 0.430 e. The van der Waals surface area contributed by atoms with Crippen molar-refractivity contribution < 1.29 is 8.63 Å². The quantitative estimate of drug-likeness (QED) is 0.676. The van der Waals surface area contributed by atoms with Crippen molar-refractivity contribution in [3.63, 3.8) is 0 Å². The Hall–Kier alpha value is -1.36. The molecule has 19 heavy (non-hydrogen) atoms. The van der Waals surface area contributed by atoms with Crippen LogP contribution in [-0.2, 0) is 10.8 Å². The van der Waals surface area contributed by atoms with Crippen molar-refractivity contribution in [1.29, 1.82) is 0 Å². The Labute approximate surface area is 114 Å². The molecule has 0 radical (unpaired) electrons. The van der Waals surface area contributed by atoms with E-state index in [1.807, 2.05) is 0 Å². The van der Waals surface area contributed by atoms with Crippen molar-refractivity contribution in [2.45, 2.75) is 49.0 Å². The van der Waals surface area contributed by atoms with Crippen LogP contribution < -0.4 is 5.73 Å². The zero-order valence-corrected chi connectivity index (χ0v) is 11.6. The van der Waals surface area contributed by atoms with Crippen LogP contribution in [0.25, 0.3) is 11.1 Å². The maximum absolute atomic E-state index is 12.5. The third kappa shape index (κ3) is 2.66. The number of fused-ring (bicyclic) bond motifs is 1. The van der Waals surface area contributed by atoms with Crippen molar-refractivity contribution >= 4 is 27.6 Å². The van der Waals surface area contributed by atoms with Gasteiger partial charge in [-0.1, -0.05) is 25.7 Å². The number of nitrogen functional groups attached to an aromatic ring is 1. The van der Waals surface area contributed by atoms with Gasteiger partial charge in [0.2, 0.25) is 0 Å². The van der Waals surface area contributed by atoms with Gasteiger partial charge in [0, 0.05) is 10.9 Å². The fourth-order valence-corrected chi connectivity index (χ4v) is 4.01. The lowest BCUT2D eigenvalue weighted by atomic mass is 10.2. The van der Waals surface area contributed by atoms with Crippen LogP contribution in [0.5, 0.6) is 0 Å². The Morgan fingerprint density at radius 3 is 2.68 bits per heavy atom. The predicted molar refractivity (Wildman–Crippen MR) is 76.3 cm³/mol. The number of aromatic nitrogens is 1. The zero-order valence-electron chi connectivity index (χ0n) is 10.8. The summed E-state index contributed by atoms with van der Waals surface area (Å²) in [5, 5.41) is 0.542. The van der Waals surface area contributed by atoms with E-state index in [9.17, 15) is 4.21 Å². The van der Waals surface area contributed by atoms with Gasteiger partial charge < -0.3 is 10.2 Å². The third-order valence-electron chi connectivity index (χ3n) is 3.67. The first kappa shape index (κ1) is 12.7. The Morgan fingerprint density at radius 1 is 1.21 bits per heavy atom. The van der Waals surface area contributed by atoms with E-state index in [1.165, 1.54) is 12.8 Å². The molecule has 3 rings (SSSR count). The first-order valence-electron chi connectivity index (χ1n) is 6.81. The van der Waals surface area contributed by atoms with Crippen molar-refractivity contribution in [1.82, 2.24) is 4.98 Å². The minimum absolute atomic E-state index is 0.188. The second kappa shape index (κ2) is 5.33. The van der Waals surface area contributed by atoms with E-state index in [2.05, 4.69) is 4.98 Å². The molecular formula is C14H18N2O2S. The molecule has 0 amide bonds. The van der Waals surface area contributed by atoms with Crippen molar-refractivity contribution in [2.75, 3.05) is 5.73 Å². The highest BCUT2D eigenvalue weighted by Crippen LogP contribution is 2.27. The molecule has 1 heterocycles. The average molecular weight is 278 g/mol. The SMILES string of the molecule is Nc1ccc2oc(S(=O)C3CCCCCC3)nc2c1. The van der Waals surface area contributed by atoms with Gasteiger partial charge in [-0.15, -0.1) is 0 Å². The highest BCUT2D eigenvalue weighted by molar-refractivity contribution is 7.85. The number of benzene rings is 1. The lowest BCUT2D eigenvalue weighted by Crippen LogP contribution is -2.14. The molecule has 1 atom stereocenters. The monoisotopic (exact) mass is 278 g/mol. The van der Waals surface area contributed by atoms with Gasteiger partial charge in [0.25, 0.3) is 5.22 Å². The number of anilines is 1. The van der Waals surface area contributed by atoms with Crippen LogP contribution in [0.1, 0.15) is 38.5 Å². The van der Waals surface area contributed by atoms with Crippen LogP contribution in [0.2, 0.25) is 0 Å². The summed E-state index contributed by atoms with van der Waals surface area (Å²) in [7, 11) is -1.14. The average Bonchev–Trinajstić information content (AvgIpc) is 2.64. The number of oxazole rings is 1. The second-order valence-electron chi connectivity index (χ2n) is 5.12. The van der Waals surface area contributed by atoms with Gasteiger partial charge in [-0.25, -0.2) is 9.19 Å². The van der Waals surface area contributed by atoms with E-state index in [1.54, 1.807) is 18.2 Å². The molecule has 1 aromatic heterocycles. The summed E-state index contributed by atoms with van der Waals surface area (Å²) < 4.78 is 18.1. The van der Waals surface area contributed by atoms with Crippen molar-refractivity contribution in [3.8, 4) is 0 Å². The van der Waals surface area contributed by atoms with E-state index in [4.69, 9.17) is 10.2 Å². The predicted octanol–water partition coefficient (Wildman–Crippen LogP) is 3.24. The lowest BCUT2D eigenvalue weighted by Gasteiger charge is -2.10. The fraction of sp³-hybridized carbons (Fsp3) is 0.500. The van der Waals surface area contributed by atoms with E-state index >= 15 is 0 Å². The maximum atomic E-state index is 12.5. The maximum Gasteiger partial charge on any atom is 0.288 e. The van der Waals surface area contributed by atoms with Crippen LogP contribution in [0.4, 0.5) is 5.69 Å². The van der Waals surface area contributed by atoms with Crippen LogP contribution in [0.15, 0.2) is 27.8 Å². The van der Waals surface area contributed by atoms with Gasteiger partial charge in [-0.3, -0.25) is 0 Å². The minimum Gasteiger partial charge on any atom is -0.430 e. The summed E-state index contributed by atoms with van der Waals surface area (Å²) in [5.74, 6) is 0. The molecule has 1 unspecified atom stereocenters. The molecule has 2 N–H and O–H groups in total. The molecule has 1 fully saturated rings. The zero-order chi connectivity index (χ0) is 13.2. The van der Waals surface area contributed by atoms with Crippen molar-refractivity contribution in [3.05, 3.63) is 18.2 Å². The van der Waals surface area contributed by atoms with Gasteiger partial charge >= 0.3 is 0 Å². The highest BCUT2D eigenvalue weighted by atomic mass is 32.2. The van der Waals surface area contributed by atoms with Gasteiger partial charge in [-0.05, 0) is 31.0 Å². The molecule has 1 aliphatic rings. The molecule has 5 heteroatoms. The summed E-state index contributed by atoms with van der Waals surface area (Å²) in [6, 6.07) is 5.31. The van der Waals surface area contributed by atoms with E-state index in [-0.39, 0.29) is 5.25 Å². The Balaban J connectivity index is 1.88. The number of nitrogens with two attached hydrogens (primary N) is 1. The van der Waals surface area contributed by atoms with Gasteiger partial charge in [0.1, 0.15) is 16.3 Å². The normalized spacial score (nSPS) is 19.4. The molecule has 1 aliphatic carbocycles. The smallest absolute Gasteiger partial charge is 0.288 e. The van der Waals surface area contributed by atoms with Gasteiger partial charge in [0.05, 0.1) is 0 Å². The highest BCUT2D eigenvalue weighted by Gasteiger charge is 2.24. The van der Waals surface area contributed by atoms with E-state index < -0.39 is 10.8 Å². The Kier molecular flexibility index (Phi) is 3.55. The van der Waals surface area contributed by atoms with Gasteiger partial charge in [-0.2, -0.15) is 0 Å². The summed E-state index contributed by atoms with van der Waals surface area (Å²) in [5.41, 5.74) is 7.71. The molecule has 1 aromatic carbocycles. The minimum atomic E-state index is -1.14. The van der Waals surface area contributed by atoms with E-state index in [0.29, 0.717) is 22.0 Å². The molecular weight excluding hydrogens is 260 g/mol. The molecule has 2 aromatic rings. The molecule has 4 nitrogen and oxygen atoms in total. The molecule has 102 valence electrons. The van der Waals surface area contributed by atoms with E-state index in [0.717, 1.165) is 25.7 Å². The number of hydrogen-bond acceptors (Lipinski definition) is 4. The molecule has 1 saturated carbocycles. The fourth-order valence-electron chi connectivity index (χ4n) is 2.61. The third-order valence-corrected chi connectivity index (χ3v) is 5.26.